The third-order valence-corrected chi connectivity index (χ3v) is 2.72. The zero-order valence-corrected chi connectivity index (χ0v) is 9.89. The van der Waals surface area contributed by atoms with E-state index in [1.807, 2.05) is 0 Å². The number of nitrogen functional groups attached to an aromatic ring is 1. The van der Waals surface area contributed by atoms with Gasteiger partial charge in [0.25, 0.3) is 0 Å². The van der Waals surface area contributed by atoms with Crippen molar-refractivity contribution < 1.29 is 14.9 Å². The third-order valence-electron chi connectivity index (χ3n) is 2.72. The van der Waals surface area contributed by atoms with Crippen molar-refractivity contribution in [2.75, 3.05) is 19.5 Å². The predicted molar refractivity (Wildman–Crippen MR) is 63.5 cm³/mol. The van der Waals surface area contributed by atoms with Gasteiger partial charge in [-0.05, 0) is 0 Å². The molecule has 4 N–H and O–H groups in total. The number of ether oxygens (including phenoxy) is 1. The molecule has 0 saturated heterocycles. The van der Waals surface area contributed by atoms with Crippen LogP contribution in [0.4, 0.5) is 5.82 Å². The van der Waals surface area contributed by atoms with Gasteiger partial charge in [-0.3, -0.25) is 4.57 Å². The van der Waals surface area contributed by atoms with Crippen LogP contribution in [0.5, 0.6) is 0 Å². The summed E-state index contributed by atoms with van der Waals surface area (Å²) in [5.74, 6) is 0.261. The second-order valence-corrected chi connectivity index (χ2v) is 3.84. The number of methoxy groups -OCH3 is 1. The molecule has 2 heterocycles. The lowest BCUT2D eigenvalue weighted by Gasteiger charge is -2.18. The molecule has 0 aliphatic carbocycles. The zero-order valence-electron chi connectivity index (χ0n) is 9.89. The number of aliphatic hydroxyl groups excluding tert-OH is 2. The summed E-state index contributed by atoms with van der Waals surface area (Å²) < 4.78 is 6.47. The van der Waals surface area contributed by atoms with Crippen LogP contribution in [0.1, 0.15) is 12.6 Å². The summed E-state index contributed by atoms with van der Waals surface area (Å²) in [7, 11) is 1.47. The SMILES string of the molecule is COC(CO)CC(O)n1cnc2c(N)ncnc21. The molecule has 98 valence electrons. The fraction of sp³-hybridized carbons (Fsp3) is 0.500. The Labute approximate surface area is 103 Å². The van der Waals surface area contributed by atoms with Crippen LogP contribution in [0.25, 0.3) is 11.2 Å². The van der Waals surface area contributed by atoms with E-state index in [-0.39, 0.29) is 18.8 Å². The van der Waals surface area contributed by atoms with Gasteiger partial charge in [0.15, 0.2) is 11.5 Å². The molecule has 0 bridgehead atoms. The molecule has 8 nitrogen and oxygen atoms in total. The molecule has 8 heteroatoms. The van der Waals surface area contributed by atoms with Gasteiger partial charge in [-0.25, -0.2) is 15.0 Å². The molecule has 0 aliphatic rings. The van der Waals surface area contributed by atoms with Crippen LogP contribution in [0.15, 0.2) is 12.7 Å². The molecule has 0 aliphatic heterocycles. The van der Waals surface area contributed by atoms with Gasteiger partial charge in [0.05, 0.1) is 19.0 Å². The van der Waals surface area contributed by atoms with E-state index in [1.165, 1.54) is 24.3 Å². The number of hydrogen-bond acceptors (Lipinski definition) is 7. The van der Waals surface area contributed by atoms with Crippen LogP contribution in [-0.4, -0.2) is 49.6 Å². The summed E-state index contributed by atoms with van der Waals surface area (Å²) in [6.07, 6.45) is 1.62. The van der Waals surface area contributed by atoms with Gasteiger partial charge >= 0.3 is 0 Å². The van der Waals surface area contributed by atoms with Crippen molar-refractivity contribution >= 4 is 17.0 Å². The summed E-state index contributed by atoms with van der Waals surface area (Å²) in [5, 5.41) is 19.1. The zero-order chi connectivity index (χ0) is 13.1. The van der Waals surface area contributed by atoms with Crippen molar-refractivity contribution in [3.8, 4) is 0 Å². The first-order valence-corrected chi connectivity index (χ1v) is 5.42. The quantitative estimate of drug-likeness (QED) is 0.644. The van der Waals surface area contributed by atoms with Gasteiger partial charge in [0.2, 0.25) is 0 Å². The summed E-state index contributed by atoms with van der Waals surface area (Å²) in [5.41, 5.74) is 6.54. The highest BCUT2D eigenvalue weighted by Crippen LogP contribution is 2.20. The van der Waals surface area contributed by atoms with Crippen LogP contribution in [0, 0.1) is 0 Å². The maximum Gasteiger partial charge on any atom is 0.167 e. The highest BCUT2D eigenvalue weighted by Gasteiger charge is 2.18. The molecule has 2 aromatic rings. The Morgan fingerprint density at radius 3 is 2.89 bits per heavy atom. The Morgan fingerprint density at radius 2 is 2.22 bits per heavy atom. The van der Waals surface area contributed by atoms with E-state index in [0.29, 0.717) is 11.2 Å². The second-order valence-electron chi connectivity index (χ2n) is 3.84. The first kappa shape index (κ1) is 12.7. The normalized spacial score (nSPS) is 14.8. The first-order chi connectivity index (χ1) is 8.67. The van der Waals surface area contributed by atoms with Crippen molar-refractivity contribution in [2.24, 2.45) is 0 Å². The van der Waals surface area contributed by atoms with Crippen LogP contribution in [0.3, 0.4) is 0 Å². The molecular weight excluding hydrogens is 238 g/mol. The monoisotopic (exact) mass is 253 g/mol. The molecule has 2 aromatic heterocycles. The minimum absolute atomic E-state index is 0.169. The summed E-state index contributed by atoms with van der Waals surface area (Å²) in [4.78, 5) is 11.9. The molecule has 2 rings (SSSR count). The average Bonchev–Trinajstić information content (AvgIpc) is 2.81. The number of nitrogens with two attached hydrogens (primary N) is 1. The number of imidazole rings is 1. The number of hydrogen-bond donors (Lipinski definition) is 3. The lowest BCUT2D eigenvalue weighted by molar-refractivity contribution is -0.0112. The van der Waals surface area contributed by atoms with E-state index >= 15 is 0 Å². The van der Waals surface area contributed by atoms with Gasteiger partial charge < -0.3 is 20.7 Å². The molecule has 0 saturated carbocycles. The van der Waals surface area contributed by atoms with E-state index in [1.54, 1.807) is 0 Å². The van der Waals surface area contributed by atoms with Gasteiger partial charge in [0.1, 0.15) is 18.1 Å². The highest BCUT2D eigenvalue weighted by atomic mass is 16.5. The Balaban J connectivity index is 2.28. The molecule has 0 radical (unpaired) electrons. The molecule has 0 spiro atoms. The number of nitrogens with zero attached hydrogens (tertiary/aromatic N) is 4. The van der Waals surface area contributed by atoms with Gasteiger partial charge in [-0.2, -0.15) is 0 Å². The fourth-order valence-electron chi connectivity index (χ4n) is 1.68. The molecular formula is C10H15N5O3. The maximum absolute atomic E-state index is 10.1. The van der Waals surface area contributed by atoms with Gasteiger partial charge in [0, 0.05) is 13.5 Å². The van der Waals surface area contributed by atoms with E-state index in [0.717, 1.165) is 0 Å². The van der Waals surface area contributed by atoms with Gasteiger partial charge in [-0.1, -0.05) is 0 Å². The Kier molecular flexibility index (Phi) is 3.70. The fourth-order valence-corrected chi connectivity index (χ4v) is 1.68. The largest absolute Gasteiger partial charge is 0.394 e. The van der Waals surface area contributed by atoms with Crippen molar-refractivity contribution in [1.82, 2.24) is 19.5 Å². The van der Waals surface area contributed by atoms with E-state index < -0.39 is 12.3 Å². The number of anilines is 1. The number of aromatic nitrogens is 4. The molecule has 0 amide bonds. The number of fused-ring (bicyclic) bond motifs is 1. The molecule has 0 fully saturated rings. The van der Waals surface area contributed by atoms with Crippen molar-refractivity contribution in [1.29, 1.82) is 0 Å². The Bertz CT molecular complexity index is 525. The summed E-state index contributed by atoms with van der Waals surface area (Å²) >= 11 is 0. The molecule has 2 atom stereocenters. The van der Waals surface area contributed by atoms with Crippen LogP contribution in [-0.2, 0) is 4.74 Å². The van der Waals surface area contributed by atoms with Gasteiger partial charge in [-0.15, -0.1) is 0 Å². The van der Waals surface area contributed by atoms with E-state index in [9.17, 15) is 5.11 Å². The van der Waals surface area contributed by atoms with E-state index in [4.69, 9.17) is 15.6 Å². The van der Waals surface area contributed by atoms with Crippen LogP contribution >= 0.6 is 0 Å². The topological polar surface area (TPSA) is 119 Å². The molecule has 2 unspecified atom stereocenters. The number of aliphatic hydroxyl groups is 2. The standard InChI is InChI=1S/C10H15N5O3/c1-18-6(3-16)2-7(17)15-5-14-8-9(11)12-4-13-10(8)15/h4-7,16-17H,2-3H2,1H3,(H2,11,12,13). The lowest BCUT2D eigenvalue weighted by atomic mass is 10.2. The van der Waals surface area contributed by atoms with E-state index in [2.05, 4.69) is 15.0 Å². The predicted octanol–water partition coefficient (Wildman–Crippen LogP) is -0.703. The van der Waals surface area contributed by atoms with Crippen LogP contribution in [0.2, 0.25) is 0 Å². The van der Waals surface area contributed by atoms with Crippen molar-refractivity contribution in [3.05, 3.63) is 12.7 Å². The Morgan fingerprint density at radius 1 is 1.44 bits per heavy atom. The molecule has 0 aromatic carbocycles. The minimum Gasteiger partial charge on any atom is -0.394 e. The highest BCUT2D eigenvalue weighted by molar-refractivity contribution is 5.81. The number of rotatable bonds is 5. The Hall–Kier alpha value is -1.77. The summed E-state index contributed by atoms with van der Waals surface area (Å²) in [6.45, 7) is -0.169. The minimum atomic E-state index is -0.901. The second kappa shape index (κ2) is 5.25. The first-order valence-electron chi connectivity index (χ1n) is 5.42. The summed E-state index contributed by atoms with van der Waals surface area (Å²) in [6, 6.07) is 0. The maximum atomic E-state index is 10.1. The van der Waals surface area contributed by atoms with Crippen molar-refractivity contribution in [2.45, 2.75) is 18.8 Å². The van der Waals surface area contributed by atoms with Crippen molar-refractivity contribution in [3.63, 3.8) is 0 Å². The smallest absolute Gasteiger partial charge is 0.167 e. The average molecular weight is 253 g/mol. The third kappa shape index (κ3) is 2.26. The van der Waals surface area contributed by atoms with Crippen LogP contribution < -0.4 is 5.73 Å². The lowest BCUT2D eigenvalue weighted by Crippen LogP contribution is -2.22. The molecule has 18 heavy (non-hydrogen) atoms.